The molecule has 3 nitrogen and oxygen atoms in total. The minimum Gasteiger partial charge on any atom is -0.308 e. The van der Waals surface area contributed by atoms with Crippen molar-refractivity contribution in [3.05, 3.63) is 30.1 Å². The van der Waals surface area contributed by atoms with Crippen LogP contribution in [0.2, 0.25) is 0 Å². The quantitative estimate of drug-likeness (QED) is 0.837. The van der Waals surface area contributed by atoms with Crippen molar-refractivity contribution in [3.8, 4) is 0 Å². The van der Waals surface area contributed by atoms with E-state index in [9.17, 15) is 0 Å². The van der Waals surface area contributed by atoms with Crippen LogP contribution in [0.15, 0.2) is 24.4 Å². The fraction of sp³-hybridized carbons (Fsp3) is 0.667. The van der Waals surface area contributed by atoms with Crippen molar-refractivity contribution >= 4 is 0 Å². The maximum absolute atomic E-state index is 4.35. The summed E-state index contributed by atoms with van der Waals surface area (Å²) in [5, 5.41) is 3.63. The van der Waals surface area contributed by atoms with E-state index in [4.69, 9.17) is 0 Å². The molecule has 1 aromatic heterocycles. The lowest BCUT2D eigenvalue weighted by Gasteiger charge is -2.32. The highest BCUT2D eigenvalue weighted by Gasteiger charge is 2.17. The molecule has 1 fully saturated rings. The molecule has 0 bridgehead atoms. The predicted molar refractivity (Wildman–Crippen MR) is 75.4 cm³/mol. The van der Waals surface area contributed by atoms with Crippen LogP contribution < -0.4 is 5.32 Å². The van der Waals surface area contributed by atoms with Crippen LogP contribution in [-0.4, -0.2) is 35.6 Å². The first-order chi connectivity index (χ1) is 8.88. The van der Waals surface area contributed by atoms with E-state index in [0.29, 0.717) is 6.04 Å². The highest BCUT2D eigenvalue weighted by molar-refractivity contribution is 5.03. The number of nitrogens with one attached hydrogen (secondary N) is 1. The number of nitrogens with zero attached hydrogens (tertiary/aromatic N) is 2. The average molecular weight is 247 g/mol. The topological polar surface area (TPSA) is 28.2 Å². The lowest BCUT2D eigenvalue weighted by atomic mass is 10.0. The van der Waals surface area contributed by atoms with E-state index in [0.717, 1.165) is 12.2 Å². The van der Waals surface area contributed by atoms with Gasteiger partial charge in [-0.2, -0.15) is 0 Å². The Labute approximate surface area is 111 Å². The second-order valence-corrected chi connectivity index (χ2v) is 5.17. The third kappa shape index (κ3) is 4.39. The number of pyridine rings is 1. The maximum Gasteiger partial charge on any atom is 0.0541 e. The molecule has 18 heavy (non-hydrogen) atoms. The van der Waals surface area contributed by atoms with E-state index in [-0.39, 0.29) is 0 Å². The zero-order valence-electron chi connectivity index (χ0n) is 11.4. The summed E-state index contributed by atoms with van der Waals surface area (Å²) in [6.45, 7) is 6.95. The van der Waals surface area contributed by atoms with Crippen LogP contribution in [0.1, 0.15) is 38.3 Å². The van der Waals surface area contributed by atoms with E-state index in [1.165, 1.54) is 45.3 Å². The summed E-state index contributed by atoms with van der Waals surface area (Å²) in [5.74, 6) is 0. The Morgan fingerprint density at radius 1 is 1.33 bits per heavy atom. The molecular weight excluding hydrogens is 222 g/mol. The first kappa shape index (κ1) is 13.5. The molecule has 0 atom stereocenters. The van der Waals surface area contributed by atoms with Crippen molar-refractivity contribution in [1.29, 1.82) is 0 Å². The van der Waals surface area contributed by atoms with Crippen molar-refractivity contribution in [2.24, 2.45) is 0 Å². The number of hydrogen-bond donors (Lipinski definition) is 1. The summed E-state index contributed by atoms with van der Waals surface area (Å²) in [6.07, 6.45) is 7.06. The summed E-state index contributed by atoms with van der Waals surface area (Å²) < 4.78 is 0. The zero-order chi connectivity index (χ0) is 12.6. The van der Waals surface area contributed by atoms with E-state index in [1.54, 1.807) is 0 Å². The number of aromatic nitrogens is 1. The third-order valence-corrected chi connectivity index (χ3v) is 3.71. The minimum atomic E-state index is 0.671. The number of rotatable bonds is 6. The predicted octanol–water partition coefficient (Wildman–Crippen LogP) is 2.44. The normalized spacial score (nSPS) is 18.1. The standard InChI is InChI=1S/C15H25N3/c1-2-3-10-18-11-7-14(8-12-18)17-13-15-6-4-5-9-16-15/h4-6,9,14,17H,2-3,7-8,10-13H2,1H3. The van der Waals surface area contributed by atoms with Crippen LogP contribution in [0.4, 0.5) is 0 Å². The van der Waals surface area contributed by atoms with Gasteiger partial charge < -0.3 is 10.2 Å². The maximum atomic E-state index is 4.35. The molecule has 1 aromatic rings. The Bertz CT molecular complexity index is 318. The number of unbranched alkanes of at least 4 members (excludes halogenated alkanes) is 1. The molecule has 0 spiro atoms. The van der Waals surface area contributed by atoms with Gasteiger partial charge in [0.1, 0.15) is 0 Å². The second kappa shape index (κ2) is 7.49. The average Bonchev–Trinajstić information content (AvgIpc) is 2.45. The Kier molecular flexibility index (Phi) is 5.62. The smallest absolute Gasteiger partial charge is 0.0541 e. The molecule has 0 radical (unpaired) electrons. The Balaban J connectivity index is 1.65. The van der Waals surface area contributed by atoms with Gasteiger partial charge in [0.2, 0.25) is 0 Å². The van der Waals surface area contributed by atoms with Crippen LogP contribution in [-0.2, 0) is 6.54 Å². The molecule has 3 heteroatoms. The van der Waals surface area contributed by atoms with Crippen LogP contribution in [0.25, 0.3) is 0 Å². The summed E-state index contributed by atoms with van der Waals surface area (Å²) in [5.41, 5.74) is 1.14. The molecule has 100 valence electrons. The van der Waals surface area contributed by atoms with Gasteiger partial charge in [0.15, 0.2) is 0 Å². The molecule has 0 aliphatic carbocycles. The van der Waals surface area contributed by atoms with Gasteiger partial charge in [-0.3, -0.25) is 4.98 Å². The molecule has 2 rings (SSSR count). The SMILES string of the molecule is CCCCN1CCC(NCc2ccccn2)CC1. The summed E-state index contributed by atoms with van der Waals surface area (Å²) in [4.78, 5) is 6.95. The molecule has 0 saturated carbocycles. The van der Waals surface area contributed by atoms with E-state index >= 15 is 0 Å². The lowest BCUT2D eigenvalue weighted by molar-refractivity contribution is 0.194. The van der Waals surface area contributed by atoms with Gasteiger partial charge in [-0.15, -0.1) is 0 Å². The van der Waals surface area contributed by atoms with Crippen molar-refractivity contribution in [1.82, 2.24) is 15.2 Å². The molecule has 1 aliphatic rings. The van der Waals surface area contributed by atoms with E-state index in [2.05, 4.69) is 34.3 Å². The molecule has 0 aromatic carbocycles. The van der Waals surface area contributed by atoms with E-state index < -0.39 is 0 Å². The first-order valence-electron chi connectivity index (χ1n) is 7.24. The van der Waals surface area contributed by atoms with Gasteiger partial charge in [-0.05, 0) is 51.0 Å². The Hall–Kier alpha value is -0.930. The first-order valence-corrected chi connectivity index (χ1v) is 7.24. The molecule has 0 unspecified atom stereocenters. The summed E-state index contributed by atoms with van der Waals surface area (Å²) in [6, 6.07) is 6.78. The fourth-order valence-electron chi connectivity index (χ4n) is 2.49. The minimum absolute atomic E-state index is 0.671. The van der Waals surface area contributed by atoms with Gasteiger partial charge in [0, 0.05) is 18.8 Å². The van der Waals surface area contributed by atoms with Crippen molar-refractivity contribution in [3.63, 3.8) is 0 Å². The summed E-state index contributed by atoms with van der Waals surface area (Å²) >= 11 is 0. The Morgan fingerprint density at radius 3 is 2.83 bits per heavy atom. The van der Waals surface area contributed by atoms with Crippen LogP contribution in [0.3, 0.4) is 0 Å². The van der Waals surface area contributed by atoms with Gasteiger partial charge in [-0.25, -0.2) is 0 Å². The van der Waals surface area contributed by atoms with Gasteiger partial charge in [-0.1, -0.05) is 19.4 Å². The molecule has 1 N–H and O–H groups in total. The number of likely N-dealkylation sites (tertiary alicyclic amines) is 1. The van der Waals surface area contributed by atoms with Crippen LogP contribution in [0, 0.1) is 0 Å². The lowest BCUT2D eigenvalue weighted by Crippen LogP contribution is -2.42. The highest BCUT2D eigenvalue weighted by Crippen LogP contribution is 2.11. The van der Waals surface area contributed by atoms with Gasteiger partial charge >= 0.3 is 0 Å². The van der Waals surface area contributed by atoms with Crippen molar-refractivity contribution in [2.45, 2.75) is 45.2 Å². The molecule has 2 heterocycles. The monoisotopic (exact) mass is 247 g/mol. The third-order valence-electron chi connectivity index (χ3n) is 3.71. The van der Waals surface area contributed by atoms with Gasteiger partial charge in [0.25, 0.3) is 0 Å². The molecule has 1 aliphatic heterocycles. The summed E-state index contributed by atoms with van der Waals surface area (Å²) in [7, 11) is 0. The van der Waals surface area contributed by atoms with Gasteiger partial charge in [0.05, 0.1) is 5.69 Å². The van der Waals surface area contributed by atoms with Crippen LogP contribution >= 0.6 is 0 Å². The molecule has 1 saturated heterocycles. The van der Waals surface area contributed by atoms with Crippen molar-refractivity contribution < 1.29 is 0 Å². The molecule has 0 amide bonds. The largest absolute Gasteiger partial charge is 0.308 e. The zero-order valence-corrected chi connectivity index (χ0v) is 11.4. The highest BCUT2D eigenvalue weighted by atomic mass is 15.1. The van der Waals surface area contributed by atoms with E-state index in [1.807, 2.05) is 12.3 Å². The second-order valence-electron chi connectivity index (χ2n) is 5.17. The molecular formula is C15H25N3. The fourth-order valence-corrected chi connectivity index (χ4v) is 2.49. The van der Waals surface area contributed by atoms with Crippen LogP contribution in [0.5, 0.6) is 0 Å². The number of hydrogen-bond acceptors (Lipinski definition) is 3. The number of piperidine rings is 1. The Morgan fingerprint density at radius 2 is 2.17 bits per heavy atom. The van der Waals surface area contributed by atoms with Crippen molar-refractivity contribution in [2.75, 3.05) is 19.6 Å².